The van der Waals surface area contributed by atoms with Crippen molar-refractivity contribution in [3.05, 3.63) is 29.5 Å². The molecule has 8 nitrogen and oxygen atoms in total. The van der Waals surface area contributed by atoms with Gasteiger partial charge in [0.1, 0.15) is 0 Å². The second-order valence-electron chi connectivity index (χ2n) is 5.86. The molecule has 4 rings (SSSR count). The van der Waals surface area contributed by atoms with Gasteiger partial charge in [-0.1, -0.05) is 0 Å². The fourth-order valence-electron chi connectivity index (χ4n) is 3.13. The first-order valence-electron chi connectivity index (χ1n) is 8.01. The molecule has 2 aliphatic rings. The van der Waals surface area contributed by atoms with Crippen molar-refractivity contribution in [1.82, 2.24) is 19.7 Å². The largest absolute Gasteiger partial charge is 0.394 e. The van der Waals surface area contributed by atoms with Crippen LogP contribution in [0.4, 0.5) is 16.2 Å². The first-order chi connectivity index (χ1) is 11.8. The van der Waals surface area contributed by atoms with E-state index in [1.807, 2.05) is 9.80 Å². The van der Waals surface area contributed by atoms with Gasteiger partial charge in [-0.25, -0.2) is 9.37 Å². The summed E-state index contributed by atoms with van der Waals surface area (Å²) in [7, 11) is 0. The quantitative estimate of drug-likeness (QED) is 0.853. The average molecular weight is 334 g/mol. The van der Waals surface area contributed by atoms with Gasteiger partial charge >= 0.3 is 0 Å². The van der Waals surface area contributed by atoms with Crippen LogP contribution in [0.1, 0.15) is 11.3 Å². The highest BCUT2D eigenvalue weighted by Gasteiger charge is 2.27. The number of halogens is 1. The van der Waals surface area contributed by atoms with Crippen molar-refractivity contribution in [2.75, 3.05) is 42.7 Å². The van der Waals surface area contributed by atoms with Crippen molar-refractivity contribution in [1.29, 1.82) is 0 Å². The lowest BCUT2D eigenvalue weighted by Crippen LogP contribution is -2.37. The maximum Gasteiger partial charge on any atom is 0.228 e. The zero-order valence-electron chi connectivity index (χ0n) is 13.2. The van der Waals surface area contributed by atoms with Crippen LogP contribution in [0.15, 0.2) is 12.4 Å². The van der Waals surface area contributed by atoms with E-state index in [0.717, 1.165) is 11.3 Å². The number of hydrogen-bond acceptors (Lipinski definition) is 7. The molecule has 0 aliphatic carbocycles. The molecule has 9 heteroatoms. The third kappa shape index (κ3) is 2.69. The van der Waals surface area contributed by atoms with E-state index in [9.17, 15) is 4.39 Å². The number of rotatable bonds is 4. The number of nitrogens with zero attached hydrogens (tertiary/aromatic N) is 6. The summed E-state index contributed by atoms with van der Waals surface area (Å²) in [5, 5.41) is 13.4. The summed E-state index contributed by atoms with van der Waals surface area (Å²) >= 11 is 0. The highest BCUT2D eigenvalue weighted by molar-refractivity contribution is 5.47. The molecule has 1 N–H and O–H groups in total. The standard InChI is InChI=1S/C15H19FN6O2/c16-12-8-17-15(19-14(12)20-2-5-24-6-3-20)21-9-11-7-18-22(1-4-23)13(11)10-21/h7-8,23H,1-6,9-10H2. The number of aliphatic hydroxyl groups is 1. The van der Waals surface area contributed by atoms with Crippen LogP contribution < -0.4 is 9.80 Å². The topological polar surface area (TPSA) is 79.5 Å². The SMILES string of the molecule is OCCn1ncc2c1CN(c1ncc(F)c(N3CCOCC3)n1)C2. The van der Waals surface area contributed by atoms with Crippen LogP contribution in [-0.2, 0) is 24.4 Å². The van der Waals surface area contributed by atoms with Crippen LogP contribution in [0.2, 0.25) is 0 Å². The number of anilines is 2. The Kier molecular flexibility index (Phi) is 4.03. The number of morpholine rings is 1. The molecular formula is C15H19FN6O2. The minimum absolute atomic E-state index is 0.0440. The highest BCUT2D eigenvalue weighted by atomic mass is 19.1. The molecule has 1 saturated heterocycles. The Balaban J connectivity index is 1.57. The molecule has 2 aliphatic heterocycles. The van der Waals surface area contributed by atoms with Gasteiger partial charge in [0, 0.05) is 25.2 Å². The van der Waals surface area contributed by atoms with Crippen molar-refractivity contribution in [3.63, 3.8) is 0 Å². The van der Waals surface area contributed by atoms with E-state index in [-0.39, 0.29) is 6.61 Å². The highest BCUT2D eigenvalue weighted by Crippen LogP contribution is 2.28. The van der Waals surface area contributed by atoms with E-state index in [1.54, 1.807) is 10.9 Å². The summed E-state index contributed by atoms with van der Waals surface area (Å²) in [5.41, 5.74) is 2.13. The summed E-state index contributed by atoms with van der Waals surface area (Å²) in [6.07, 6.45) is 3.04. The first kappa shape index (κ1) is 15.3. The maximum absolute atomic E-state index is 14.1. The molecule has 0 spiro atoms. The summed E-state index contributed by atoms with van der Waals surface area (Å²) in [4.78, 5) is 12.5. The van der Waals surface area contributed by atoms with Crippen molar-refractivity contribution < 1.29 is 14.2 Å². The van der Waals surface area contributed by atoms with Crippen molar-refractivity contribution >= 4 is 11.8 Å². The van der Waals surface area contributed by atoms with Gasteiger partial charge in [0.05, 0.1) is 51.0 Å². The van der Waals surface area contributed by atoms with Gasteiger partial charge in [0.15, 0.2) is 11.6 Å². The summed E-state index contributed by atoms with van der Waals surface area (Å²) < 4.78 is 21.2. The third-order valence-electron chi connectivity index (χ3n) is 4.36. The Hall–Kier alpha value is -2.26. The third-order valence-corrected chi connectivity index (χ3v) is 4.36. The number of ether oxygens (including phenoxy) is 1. The summed E-state index contributed by atoms with van der Waals surface area (Å²) in [6.45, 7) is 4.14. The van der Waals surface area contributed by atoms with Gasteiger partial charge in [-0.3, -0.25) is 4.68 Å². The lowest BCUT2D eigenvalue weighted by molar-refractivity contribution is 0.122. The molecule has 0 amide bonds. The molecule has 0 aromatic carbocycles. The second kappa shape index (κ2) is 6.33. The second-order valence-corrected chi connectivity index (χ2v) is 5.86. The van der Waals surface area contributed by atoms with Gasteiger partial charge in [-0.15, -0.1) is 0 Å². The Morgan fingerprint density at radius 3 is 2.79 bits per heavy atom. The minimum Gasteiger partial charge on any atom is -0.394 e. The number of aliphatic hydroxyl groups excluding tert-OH is 1. The molecule has 0 atom stereocenters. The molecular weight excluding hydrogens is 315 g/mol. The normalized spacial score (nSPS) is 17.4. The minimum atomic E-state index is -0.413. The predicted octanol–water partition coefficient (Wildman–Crippen LogP) is 0.161. The lowest BCUT2D eigenvalue weighted by Gasteiger charge is -2.28. The molecule has 0 radical (unpaired) electrons. The Morgan fingerprint density at radius 1 is 1.17 bits per heavy atom. The summed E-state index contributed by atoms with van der Waals surface area (Å²) in [5.74, 6) is 0.421. The van der Waals surface area contributed by atoms with Crippen molar-refractivity contribution in [2.45, 2.75) is 19.6 Å². The van der Waals surface area contributed by atoms with Crippen LogP contribution in [0.25, 0.3) is 0 Å². The van der Waals surface area contributed by atoms with Gasteiger partial charge in [0.25, 0.3) is 0 Å². The number of aromatic nitrogens is 4. The Bertz CT molecular complexity index is 731. The number of fused-ring (bicyclic) bond motifs is 1. The number of hydrogen-bond donors (Lipinski definition) is 1. The molecule has 0 unspecified atom stereocenters. The van der Waals surface area contributed by atoms with Crippen LogP contribution in [0.3, 0.4) is 0 Å². The fraction of sp³-hybridized carbons (Fsp3) is 0.533. The molecule has 1 fully saturated rings. The monoisotopic (exact) mass is 334 g/mol. The predicted molar refractivity (Wildman–Crippen MR) is 84.2 cm³/mol. The van der Waals surface area contributed by atoms with Crippen molar-refractivity contribution in [3.8, 4) is 0 Å². The zero-order chi connectivity index (χ0) is 16.5. The zero-order valence-corrected chi connectivity index (χ0v) is 13.2. The first-order valence-corrected chi connectivity index (χ1v) is 8.01. The Labute approximate surface area is 138 Å². The van der Waals surface area contributed by atoms with E-state index in [2.05, 4.69) is 15.1 Å². The molecule has 24 heavy (non-hydrogen) atoms. The van der Waals surface area contributed by atoms with Gasteiger partial charge in [-0.2, -0.15) is 10.1 Å². The van der Waals surface area contributed by atoms with Gasteiger partial charge < -0.3 is 19.6 Å². The lowest BCUT2D eigenvalue weighted by atomic mass is 10.3. The average Bonchev–Trinajstić information content (AvgIpc) is 3.18. The molecule has 0 bridgehead atoms. The maximum atomic E-state index is 14.1. The molecule has 2 aromatic heterocycles. The molecule has 128 valence electrons. The van der Waals surface area contributed by atoms with Crippen LogP contribution in [0, 0.1) is 5.82 Å². The van der Waals surface area contributed by atoms with Crippen LogP contribution in [-0.4, -0.2) is 57.8 Å². The van der Waals surface area contributed by atoms with E-state index >= 15 is 0 Å². The van der Waals surface area contributed by atoms with Crippen LogP contribution >= 0.6 is 0 Å². The molecule has 4 heterocycles. The van der Waals surface area contributed by atoms with Gasteiger partial charge in [0.2, 0.25) is 5.95 Å². The van der Waals surface area contributed by atoms with E-state index in [0.29, 0.717) is 57.7 Å². The van der Waals surface area contributed by atoms with E-state index in [1.165, 1.54) is 6.20 Å². The van der Waals surface area contributed by atoms with Crippen molar-refractivity contribution in [2.24, 2.45) is 0 Å². The molecule has 0 saturated carbocycles. The Morgan fingerprint density at radius 2 is 2.00 bits per heavy atom. The summed E-state index contributed by atoms with van der Waals surface area (Å²) in [6, 6.07) is 0. The van der Waals surface area contributed by atoms with E-state index in [4.69, 9.17) is 9.84 Å². The van der Waals surface area contributed by atoms with E-state index < -0.39 is 5.82 Å². The van der Waals surface area contributed by atoms with Crippen LogP contribution in [0.5, 0.6) is 0 Å². The smallest absolute Gasteiger partial charge is 0.228 e. The van der Waals surface area contributed by atoms with Gasteiger partial charge in [-0.05, 0) is 0 Å². The fourth-order valence-corrected chi connectivity index (χ4v) is 3.13. The molecule has 2 aromatic rings.